The SMILES string of the molecule is C[C@@H]1C(=O)C(C#N)=C[C@]2(C)C3=CC(=O)C4C5CC(C)(C)CC[C@]5(NC(=O)C5CC5)CC[C@@]4(C)[C@]3(C)CCC12. The van der Waals surface area contributed by atoms with Crippen LogP contribution in [0.5, 0.6) is 0 Å². The molecule has 0 aliphatic heterocycles. The van der Waals surface area contributed by atoms with Crippen LogP contribution in [0.15, 0.2) is 23.3 Å². The smallest absolute Gasteiger partial charge is 0.223 e. The molecule has 0 bridgehead atoms. The molecule has 4 fully saturated rings. The van der Waals surface area contributed by atoms with Crippen molar-refractivity contribution in [2.24, 2.45) is 51.2 Å². The number of allylic oxidation sites excluding steroid dienone is 4. The Kier molecular flexibility index (Phi) is 5.43. The fourth-order valence-corrected chi connectivity index (χ4v) is 10.2. The predicted octanol–water partition coefficient (Wildman–Crippen LogP) is 6.09. The molecule has 0 radical (unpaired) electrons. The van der Waals surface area contributed by atoms with Gasteiger partial charge >= 0.3 is 0 Å². The van der Waals surface area contributed by atoms with Gasteiger partial charge in [-0.2, -0.15) is 5.26 Å². The van der Waals surface area contributed by atoms with Crippen molar-refractivity contribution in [3.8, 4) is 6.07 Å². The summed E-state index contributed by atoms with van der Waals surface area (Å²) in [5.41, 5.74) is 0.311. The summed E-state index contributed by atoms with van der Waals surface area (Å²) >= 11 is 0. The van der Waals surface area contributed by atoms with Crippen LogP contribution in [-0.2, 0) is 14.4 Å². The second-order valence-corrected chi connectivity index (χ2v) is 15.3. The van der Waals surface area contributed by atoms with Crippen molar-refractivity contribution in [1.29, 1.82) is 5.26 Å². The van der Waals surface area contributed by atoms with E-state index in [0.717, 1.165) is 63.4 Å². The Balaban J connectivity index is 1.47. The molecule has 6 aliphatic carbocycles. The Bertz CT molecular complexity index is 1230. The van der Waals surface area contributed by atoms with Crippen LogP contribution >= 0.6 is 0 Å². The average molecular weight is 517 g/mol. The number of rotatable bonds is 2. The molecule has 38 heavy (non-hydrogen) atoms. The number of Topliss-reactive ketones (excluding diaryl/α,β-unsaturated/α-hetero) is 1. The number of hydrogen-bond acceptors (Lipinski definition) is 4. The van der Waals surface area contributed by atoms with E-state index >= 15 is 0 Å². The van der Waals surface area contributed by atoms with Gasteiger partial charge in [0.15, 0.2) is 11.6 Å². The van der Waals surface area contributed by atoms with Gasteiger partial charge in [0.25, 0.3) is 0 Å². The topological polar surface area (TPSA) is 87.0 Å². The molecule has 204 valence electrons. The minimum atomic E-state index is -0.477. The van der Waals surface area contributed by atoms with E-state index in [-0.39, 0.29) is 74.4 Å². The molecule has 0 heterocycles. The Morgan fingerprint density at radius 2 is 1.66 bits per heavy atom. The van der Waals surface area contributed by atoms with Crippen LogP contribution in [0.4, 0.5) is 0 Å². The van der Waals surface area contributed by atoms with Crippen LogP contribution in [0.3, 0.4) is 0 Å². The van der Waals surface area contributed by atoms with Gasteiger partial charge in [-0.1, -0.05) is 53.2 Å². The molecule has 0 spiro atoms. The van der Waals surface area contributed by atoms with E-state index < -0.39 is 5.41 Å². The molecule has 5 nitrogen and oxygen atoms in total. The monoisotopic (exact) mass is 516 g/mol. The van der Waals surface area contributed by atoms with Crippen molar-refractivity contribution in [1.82, 2.24) is 5.32 Å². The first-order valence-electron chi connectivity index (χ1n) is 15.0. The van der Waals surface area contributed by atoms with E-state index in [4.69, 9.17) is 0 Å². The zero-order chi connectivity index (χ0) is 27.5. The summed E-state index contributed by atoms with van der Waals surface area (Å²) in [5, 5.41) is 13.4. The predicted molar refractivity (Wildman–Crippen MR) is 145 cm³/mol. The summed E-state index contributed by atoms with van der Waals surface area (Å²) in [7, 11) is 0. The van der Waals surface area contributed by atoms with E-state index in [1.807, 2.05) is 19.1 Å². The van der Waals surface area contributed by atoms with Gasteiger partial charge in [0, 0.05) is 28.7 Å². The zero-order valence-electron chi connectivity index (χ0n) is 24.1. The van der Waals surface area contributed by atoms with Crippen molar-refractivity contribution < 1.29 is 14.4 Å². The fraction of sp³-hybridized carbons (Fsp3) is 0.758. The first kappa shape index (κ1) is 26.0. The molecule has 4 saturated carbocycles. The van der Waals surface area contributed by atoms with E-state index in [1.54, 1.807) is 0 Å². The lowest BCUT2D eigenvalue weighted by atomic mass is 9.36. The second-order valence-electron chi connectivity index (χ2n) is 15.3. The molecule has 1 amide bonds. The van der Waals surface area contributed by atoms with Gasteiger partial charge < -0.3 is 5.32 Å². The maximum atomic E-state index is 14.4. The van der Waals surface area contributed by atoms with E-state index in [0.29, 0.717) is 0 Å². The maximum Gasteiger partial charge on any atom is 0.223 e. The minimum Gasteiger partial charge on any atom is -0.350 e. The normalized spacial score (nSPS) is 47.3. The van der Waals surface area contributed by atoms with Crippen LogP contribution in [0, 0.1) is 62.6 Å². The maximum absolute atomic E-state index is 14.4. The lowest BCUT2D eigenvalue weighted by Gasteiger charge is -2.68. The van der Waals surface area contributed by atoms with Gasteiger partial charge in [-0.25, -0.2) is 0 Å². The summed E-state index contributed by atoms with van der Waals surface area (Å²) < 4.78 is 0. The van der Waals surface area contributed by atoms with E-state index in [2.05, 4.69) is 46.0 Å². The summed E-state index contributed by atoms with van der Waals surface area (Å²) in [6, 6.07) is 2.17. The highest BCUT2D eigenvalue weighted by molar-refractivity contribution is 6.02. The Hall–Kier alpha value is -2.22. The molecule has 6 aliphatic rings. The van der Waals surface area contributed by atoms with Crippen molar-refractivity contribution in [3.63, 3.8) is 0 Å². The number of ketones is 2. The van der Waals surface area contributed by atoms with Gasteiger partial charge in [-0.05, 0) is 91.9 Å². The van der Waals surface area contributed by atoms with Crippen LogP contribution in [0.1, 0.15) is 99.3 Å². The van der Waals surface area contributed by atoms with E-state index in [9.17, 15) is 19.6 Å². The van der Waals surface area contributed by atoms with Crippen molar-refractivity contribution in [2.75, 3.05) is 0 Å². The number of amides is 1. The summed E-state index contributed by atoms with van der Waals surface area (Å²) in [4.78, 5) is 40.5. The lowest BCUT2D eigenvalue weighted by molar-refractivity contribution is -0.162. The molecule has 1 N–H and O–H groups in total. The van der Waals surface area contributed by atoms with Crippen molar-refractivity contribution in [2.45, 2.75) is 105 Å². The van der Waals surface area contributed by atoms with E-state index in [1.165, 1.54) is 0 Å². The Morgan fingerprint density at radius 3 is 2.32 bits per heavy atom. The van der Waals surface area contributed by atoms with Crippen LogP contribution in [0.2, 0.25) is 0 Å². The first-order valence-corrected chi connectivity index (χ1v) is 15.0. The minimum absolute atomic E-state index is 0.0521. The third-order valence-electron chi connectivity index (χ3n) is 12.8. The highest BCUT2D eigenvalue weighted by Crippen LogP contribution is 2.72. The quantitative estimate of drug-likeness (QED) is 0.481. The molecule has 6 rings (SSSR count). The molecule has 8 atom stereocenters. The molecular formula is C33H44N2O3. The number of carbonyl (C=O) groups is 3. The molecule has 5 heteroatoms. The van der Waals surface area contributed by atoms with Crippen molar-refractivity contribution >= 4 is 17.5 Å². The molecule has 3 unspecified atom stereocenters. The fourth-order valence-electron chi connectivity index (χ4n) is 10.2. The highest BCUT2D eigenvalue weighted by atomic mass is 16.2. The first-order chi connectivity index (χ1) is 17.7. The second kappa shape index (κ2) is 7.92. The van der Waals surface area contributed by atoms with Gasteiger partial charge in [-0.15, -0.1) is 0 Å². The largest absolute Gasteiger partial charge is 0.350 e. The van der Waals surface area contributed by atoms with Crippen molar-refractivity contribution in [3.05, 3.63) is 23.3 Å². The standard InChI is InChI=1S/C33H44N2O3/c1-19-22-9-10-31(5)25(30(22,4)16-21(18-34)27(19)37)15-24(36)26-23-17-29(2,3)11-13-33(23,14-12-32(26,31)6)35-28(38)20-7-8-20/h15-16,19-20,22-23,26H,7-14,17H2,1-6H3,(H,35,38)/t19-,22?,23?,26?,30-,31+,32+,33-/m0/s1. The highest BCUT2D eigenvalue weighted by Gasteiger charge is 2.69. The summed E-state index contributed by atoms with van der Waals surface area (Å²) in [6.07, 6.45) is 12.5. The number of nitriles is 1. The lowest BCUT2D eigenvalue weighted by Crippen LogP contribution is -2.69. The van der Waals surface area contributed by atoms with Gasteiger partial charge in [0.05, 0.1) is 5.57 Å². The van der Waals surface area contributed by atoms with Gasteiger partial charge in [0.1, 0.15) is 6.07 Å². The number of nitrogens with zero attached hydrogens (tertiary/aromatic N) is 1. The Morgan fingerprint density at radius 1 is 0.974 bits per heavy atom. The third kappa shape index (κ3) is 3.31. The molecule has 0 aromatic carbocycles. The molecular weight excluding hydrogens is 472 g/mol. The summed E-state index contributed by atoms with van der Waals surface area (Å²) in [6.45, 7) is 13.5. The molecule has 0 aromatic rings. The van der Waals surface area contributed by atoms with Crippen LogP contribution < -0.4 is 5.32 Å². The number of carbonyl (C=O) groups excluding carboxylic acids is 3. The molecule has 0 saturated heterocycles. The van der Waals surface area contributed by atoms with Crippen LogP contribution in [0.25, 0.3) is 0 Å². The van der Waals surface area contributed by atoms with Gasteiger partial charge in [0.2, 0.25) is 5.91 Å². The number of fused-ring (bicyclic) bond motifs is 7. The number of hydrogen-bond donors (Lipinski definition) is 1. The average Bonchev–Trinajstić information content (AvgIpc) is 3.69. The Labute approximate surface area is 227 Å². The third-order valence-corrected chi connectivity index (χ3v) is 12.8. The summed E-state index contributed by atoms with van der Waals surface area (Å²) in [5.74, 6) is 0.381. The molecule has 0 aromatic heterocycles. The number of nitrogens with one attached hydrogen (secondary N) is 1. The van der Waals surface area contributed by atoms with Gasteiger partial charge in [-0.3, -0.25) is 14.4 Å². The zero-order valence-corrected chi connectivity index (χ0v) is 24.1. The van der Waals surface area contributed by atoms with Crippen LogP contribution in [-0.4, -0.2) is 23.0 Å².